The quantitative estimate of drug-likeness (QED) is 0.699. The van der Waals surface area contributed by atoms with Crippen LogP contribution in [0.25, 0.3) is 0 Å². The van der Waals surface area contributed by atoms with Gasteiger partial charge < -0.3 is 10.6 Å². The highest BCUT2D eigenvalue weighted by Crippen LogP contribution is 2.34. The van der Waals surface area contributed by atoms with E-state index in [1.54, 1.807) is 0 Å². The van der Waals surface area contributed by atoms with Gasteiger partial charge in [0.2, 0.25) is 0 Å². The molecule has 0 aliphatic heterocycles. The third kappa shape index (κ3) is 4.93. The van der Waals surface area contributed by atoms with E-state index in [4.69, 9.17) is 23.8 Å². The number of nitrogens with zero attached hydrogens (tertiary/aromatic N) is 1. The molecular formula is C20H24ClN3S. The molecule has 1 heterocycles. The summed E-state index contributed by atoms with van der Waals surface area (Å²) in [7, 11) is 0. The number of halogens is 1. The molecule has 0 bridgehead atoms. The molecule has 0 atom stereocenters. The van der Waals surface area contributed by atoms with Crippen LogP contribution in [0, 0.1) is 6.92 Å². The summed E-state index contributed by atoms with van der Waals surface area (Å²) < 4.78 is 0. The maximum absolute atomic E-state index is 6.31. The van der Waals surface area contributed by atoms with Crippen molar-refractivity contribution in [3.05, 3.63) is 58.7 Å². The highest BCUT2D eigenvalue weighted by molar-refractivity contribution is 7.80. The number of thiocarbonyl (C=S) groups is 1. The lowest BCUT2D eigenvalue weighted by Gasteiger charge is -2.32. The molecule has 0 unspecified atom stereocenters. The molecule has 3 rings (SSSR count). The summed E-state index contributed by atoms with van der Waals surface area (Å²) in [5.74, 6) is 0.780. The Labute approximate surface area is 160 Å². The lowest BCUT2D eigenvalue weighted by Crippen LogP contribution is -2.48. The van der Waals surface area contributed by atoms with E-state index in [2.05, 4.69) is 21.7 Å². The van der Waals surface area contributed by atoms with E-state index < -0.39 is 0 Å². The maximum Gasteiger partial charge on any atom is 0.172 e. The Morgan fingerprint density at radius 2 is 1.96 bits per heavy atom. The van der Waals surface area contributed by atoms with Gasteiger partial charge in [0.1, 0.15) is 5.82 Å². The number of benzene rings is 1. The van der Waals surface area contributed by atoms with Gasteiger partial charge in [-0.05, 0) is 68.1 Å². The van der Waals surface area contributed by atoms with Crippen LogP contribution in [0.3, 0.4) is 0 Å². The number of aryl methyl sites for hydroxylation is 2. The number of hydrogen-bond donors (Lipinski definition) is 2. The minimum absolute atomic E-state index is 0.0496. The van der Waals surface area contributed by atoms with Crippen molar-refractivity contribution < 1.29 is 0 Å². The number of anilines is 1. The monoisotopic (exact) mass is 373 g/mol. The van der Waals surface area contributed by atoms with Gasteiger partial charge in [-0.15, -0.1) is 0 Å². The molecule has 2 N–H and O–H groups in total. The smallest absolute Gasteiger partial charge is 0.172 e. The second-order valence-corrected chi connectivity index (χ2v) is 7.69. The molecule has 3 nitrogen and oxygen atoms in total. The zero-order valence-electron chi connectivity index (χ0n) is 14.5. The van der Waals surface area contributed by atoms with Crippen molar-refractivity contribution in [2.24, 2.45) is 0 Å². The minimum atomic E-state index is 0.0496. The fourth-order valence-electron chi connectivity index (χ4n) is 3.49. The van der Waals surface area contributed by atoms with Crippen molar-refractivity contribution in [3.63, 3.8) is 0 Å². The molecule has 132 valence electrons. The van der Waals surface area contributed by atoms with Crippen molar-refractivity contribution >= 4 is 34.7 Å². The molecule has 2 aromatic rings. The van der Waals surface area contributed by atoms with Gasteiger partial charge in [0.05, 0.1) is 0 Å². The molecule has 0 spiro atoms. The zero-order chi connectivity index (χ0) is 17.7. The van der Waals surface area contributed by atoms with Crippen molar-refractivity contribution in [1.82, 2.24) is 10.3 Å². The fraction of sp³-hybridized carbons (Fsp3) is 0.400. The molecular weight excluding hydrogens is 350 g/mol. The highest BCUT2D eigenvalue weighted by atomic mass is 35.5. The van der Waals surface area contributed by atoms with Crippen LogP contribution in [0.15, 0.2) is 42.6 Å². The predicted molar refractivity (Wildman–Crippen MR) is 109 cm³/mol. The number of hydrogen-bond acceptors (Lipinski definition) is 2. The Hall–Kier alpha value is -1.65. The first-order chi connectivity index (χ1) is 12.1. The number of rotatable bonds is 5. The van der Waals surface area contributed by atoms with Gasteiger partial charge in [0.15, 0.2) is 5.11 Å². The molecule has 1 saturated carbocycles. The van der Waals surface area contributed by atoms with E-state index in [0.29, 0.717) is 5.11 Å². The Balaban J connectivity index is 1.62. The maximum atomic E-state index is 6.31. The van der Waals surface area contributed by atoms with Crippen LogP contribution in [0.5, 0.6) is 0 Å². The SMILES string of the molecule is Cc1ccc(NC(=S)NC2(CCc3ccccc3Cl)CCCC2)nc1. The van der Waals surface area contributed by atoms with Gasteiger partial charge in [0.25, 0.3) is 0 Å². The molecule has 0 radical (unpaired) electrons. The van der Waals surface area contributed by atoms with Gasteiger partial charge in [-0.1, -0.05) is 48.7 Å². The van der Waals surface area contributed by atoms with Crippen molar-refractivity contribution in [1.29, 1.82) is 0 Å². The van der Waals surface area contributed by atoms with E-state index in [1.807, 2.05) is 43.5 Å². The summed E-state index contributed by atoms with van der Waals surface area (Å²) in [5.41, 5.74) is 2.39. The average molecular weight is 374 g/mol. The molecule has 1 aromatic heterocycles. The number of nitrogens with one attached hydrogen (secondary N) is 2. The standard InChI is InChI=1S/C20H24ClN3S/c1-15-8-9-18(22-14-15)23-19(25)24-20(11-4-5-12-20)13-10-16-6-2-3-7-17(16)21/h2-3,6-9,14H,4-5,10-13H2,1H3,(H2,22,23,24,25). The van der Waals surface area contributed by atoms with Gasteiger partial charge in [0, 0.05) is 16.8 Å². The number of pyridine rings is 1. The lowest BCUT2D eigenvalue weighted by molar-refractivity contribution is 0.362. The van der Waals surface area contributed by atoms with Gasteiger partial charge in [-0.25, -0.2) is 4.98 Å². The highest BCUT2D eigenvalue weighted by Gasteiger charge is 2.34. The Morgan fingerprint density at radius 1 is 1.20 bits per heavy atom. The van der Waals surface area contributed by atoms with Crippen LogP contribution < -0.4 is 10.6 Å². The van der Waals surface area contributed by atoms with E-state index in [9.17, 15) is 0 Å². The molecule has 0 saturated heterocycles. The Bertz CT molecular complexity index is 724. The molecule has 1 aliphatic rings. The van der Waals surface area contributed by atoms with E-state index >= 15 is 0 Å². The minimum Gasteiger partial charge on any atom is -0.357 e. The van der Waals surface area contributed by atoms with Crippen molar-refractivity contribution in [2.45, 2.75) is 51.0 Å². The largest absolute Gasteiger partial charge is 0.357 e. The molecule has 25 heavy (non-hydrogen) atoms. The van der Waals surface area contributed by atoms with Gasteiger partial charge in [-0.3, -0.25) is 0 Å². The van der Waals surface area contributed by atoms with Crippen LogP contribution in [0.1, 0.15) is 43.2 Å². The van der Waals surface area contributed by atoms with Gasteiger partial charge >= 0.3 is 0 Å². The van der Waals surface area contributed by atoms with Crippen LogP contribution in [0.2, 0.25) is 5.02 Å². The summed E-state index contributed by atoms with van der Waals surface area (Å²) in [4.78, 5) is 4.36. The fourth-order valence-corrected chi connectivity index (χ4v) is 4.05. The summed E-state index contributed by atoms with van der Waals surface area (Å²) in [5, 5.41) is 8.29. The van der Waals surface area contributed by atoms with E-state index in [1.165, 1.54) is 18.4 Å². The van der Waals surface area contributed by atoms with E-state index in [0.717, 1.165) is 42.1 Å². The van der Waals surface area contributed by atoms with Crippen molar-refractivity contribution in [3.8, 4) is 0 Å². The first kappa shape index (κ1) is 18.2. The normalized spacial score (nSPS) is 15.8. The third-order valence-corrected chi connectivity index (χ3v) is 5.50. The topological polar surface area (TPSA) is 37.0 Å². The van der Waals surface area contributed by atoms with Crippen LogP contribution in [-0.4, -0.2) is 15.6 Å². The summed E-state index contributed by atoms with van der Waals surface area (Å²) >= 11 is 11.9. The second kappa shape index (κ2) is 8.15. The van der Waals surface area contributed by atoms with E-state index in [-0.39, 0.29) is 5.54 Å². The first-order valence-corrected chi connectivity index (χ1v) is 9.60. The van der Waals surface area contributed by atoms with Crippen LogP contribution in [-0.2, 0) is 6.42 Å². The van der Waals surface area contributed by atoms with Crippen molar-refractivity contribution in [2.75, 3.05) is 5.32 Å². The lowest BCUT2D eigenvalue weighted by atomic mass is 9.89. The predicted octanol–water partition coefficient (Wildman–Crippen LogP) is 5.28. The first-order valence-electron chi connectivity index (χ1n) is 8.82. The molecule has 0 amide bonds. The Morgan fingerprint density at radius 3 is 2.64 bits per heavy atom. The molecule has 5 heteroatoms. The van der Waals surface area contributed by atoms with Crippen LogP contribution >= 0.6 is 23.8 Å². The average Bonchev–Trinajstić information content (AvgIpc) is 3.05. The molecule has 1 fully saturated rings. The summed E-state index contributed by atoms with van der Waals surface area (Å²) in [6, 6.07) is 12.1. The number of aromatic nitrogens is 1. The van der Waals surface area contributed by atoms with Gasteiger partial charge in [-0.2, -0.15) is 0 Å². The zero-order valence-corrected chi connectivity index (χ0v) is 16.1. The summed E-state index contributed by atoms with van der Waals surface area (Å²) in [6.07, 6.45) is 8.58. The molecule has 1 aromatic carbocycles. The second-order valence-electron chi connectivity index (χ2n) is 6.88. The Kier molecular flexibility index (Phi) is 5.92. The summed E-state index contributed by atoms with van der Waals surface area (Å²) in [6.45, 7) is 2.02. The molecule has 1 aliphatic carbocycles. The third-order valence-electron chi connectivity index (χ3n) is 4.92. The van der Waals surface area contributed by atoms with Crippen LogP contribution in [0.4, 0.5) is 5.82 Å².